The predicted octanol–water partition coefficient (Wildman–Crippen LogP) is 1.13. The molecule has 1 aliphatic heterocycles. The lowest BCUT2D eigenvalue weighted by molar-refractivity contribution is -0.139. The molecule has 3 unspecified atom stereocenters. The Kier molecular flexibility index (Phi) is 4.13. The molecule has 108 valence electrons. The van der Waals surface area contributed by atoms with E-state index in [1.54, 1.807) is 0 Å². The quantitative estimate of drug-likeness (QED) is 0.698. The van der Waals surface area contributed by atoms with Crippen LogP contribution in [0.1, 0.15) is 46.0 Å². The lowest BCUT2D eigenvalue weighted by Gasteiger charge is -2.29. The Balaban J connectivity index is 1.79. The van der Waals surface area contributed by atoms with Crippen molar-refractivity contribution in [1.82, 2.24) is 10.6 Å². The van der Waals surface area contributed by atoms with E-state index in [0.29, 0.717) is 12.0 Å². The number of carboxylic acid groups (broad SMARTS) is 1. The molecule has 2 bridgehead atoms. The summed E-state index contributed by atoms with van der Waals surface area (Å²) < 4.78 is 0. The van der Waals surface area contributed by atoms with Crippen molar-refractivity contribution in [2.75, 3.05) is 6.54 Å². The zero-order chi connectivity index (χ0) is 14.0. The Bertz CT molecular complexity index is 356. The average Bonchev–Trinajstić information content (AvgIpc) is 2.54. The van der Waals surface area contributed by atoms with Gasteiger partial charge in [0.15, 0.2) is 0 Å². The lowest BCUT2D eigenvalue weighted by Crippen LogP contribution is -2.42. The van der Waals surface area contributed by atoms with E-state index in [4.69, 9.17) is 5.11 Å². The summed E-state index contributed by atoms with van der Waals surface area (Å²) in [6.45, 7) is 4.72. The number of carbonyl (C=O) groups excluding carboxylic acids is 1. The molecule has 2 fully saturated rings. The van der Waals surface area contributed by atoms with Crippen molar-refractivity contribution in [2.45, 2.75) is 58.0 Å². The number of rotatable bonds is 5. The van der Waals surface area contributed by atoms with E-state index in [1.807, 2.05) is 13.8 Å². The minimum atomic E-state index is -0.849. The molecule has 1 amide bonds. The second-order valence-electron chi connectivity index (χ2n) is 6.85. The van der Waals surface area contributed by atoms with Crippen molar-refractivity contribution in [3.63, 3.8) is 0 Å². The minimum Gasteiger partial charge on any atom is -0.481 e. The van der Waals surface area contributed by atoms with Crippen LogP contribution in [0.25, 0.3) is 0 Å². The molecule has 1 saturated heterocycles. The number of amides is 1. The molecular weight excluding hydrogens is 244 g/mol. The van der Waals surface area contributed by atoms with Gasteiger partial charge in [0.25, 0.3) is 0 Å². The van der Waals surface area contributed by atoms with Gasteiger partial charge in [0.1, 0.15) is 0 Å². The van der Waals surface area contributed by atoms with Gasteiger partial charge in [-0.1, -0.05) is 13.8 Å². The first-order chi connectivity index (χ1) is 8.84. The van der Waals surface area contributed by atoms with E-state index in [0.717, 1.165) is 19.4 Å². The van der Waals surface area contributed by atoms with Gasteiger partial charge < -0.3 is 15.7 Å². The predicted molar refractivity (Wildman–Crippen MR) is 71.7 cm³/mol. The Morgan fingerprint density at radius 1 is 1.26 bits per heavy atom. The molecule has 0 spiro atoms. The van der Waals surface area contributed by atoms with Gasteiger partial charge >= 0.3 is 5.97 Å². The van der Waals surface area contributed by atoms with Crippen LogP contribution in [0.15, 0.2) is 0 Å². The second kappa shape index (κ2) is 5.49. The van der Waals surface area contributed by atoms with Crippen LogP contribution in [0.2, 0.25) is 0 Å². The van der Waals surface area contributed by atoms with Crippen molar-refractivity contribution >= 4 is 11.9 Å². The summed E-state index contributed by atoms with van der Waals surface area (Å²) in [7, 11) is 0. The van der Waals surface area contributed by atoms with Crippen LogP contribution in [-0.2, 0) is 9.59 Å². The molecule has 5 heteroatoms. The summed E-state index contributed by atoms with van der Waals surface area (Å²) in [6, 6.07) is 0.808. The first-order valence-electron chi connectivity index (χ1n) is 7.08. The van der Waals surface area contributed by atoms with Crippen LogP contribution < -0.4 is 10.6 Å². The summed E-state index contributed by atoms with van der Waals surface area (Å²) in [5.74, 6) is -0.175. The number of hydrogen-bond acceptors (Lipinski definition) is 3. The summed E-state index contributed by atoms with van der Waals surface area (Å²) in [5.41, 5.74) is -0.484. The highest BCUT2D eigenvalue weighted by atomic mass is 16.4. The van der Waals surface area contributed by atoms with Crippen molar-refractivity contribution in [2.24, 2.45) is 11.3 Å². The summed E-state index contributed by atoms with van der Waals surface area (Å²) in [4.78, 5) is 22.8. The smallest absolute Gasteiger partial charge is 0.303 e. The zero-order valence-electron chi connectivity index (χ0n) is 11.7. The monoisotopic (exact) mass is 268 g/mol. The number of nitrogens with one attached hydrogen (secondary N) is 2. The maximum atomic E-state index is 12.0. The van der Waals surface area contributed by atoms with E-state index in [2.05, 4.69) is 10.6 Å². The maximum absolute atomic E-state index is 12.0. The number of carboxylic acids is 1. The molecule has 1 aliphatic carbocycles. The first-order valence-corrected chi connectivity index (χ1v) is 7.08. The van der Waals surface area contributed by atoms with E-state index in [9.17, 15) is 9.59 Å². The van der Waals surface area contributed by atoms with E-state index >= 15 is 0 Å². The molecule has 5 nitrogen and oxygen atoms in total. The highest BCUT2D eigenvalue weighted by Crippen LogP contribution is 2.30. The fraction of sp³-hybridized carbons (Fsp3) is 0.857. The molecule has 0 aromatic rings. The van der Waals surface area contributed by atoms with Gasteiger partial charge in [-0.15, -0.1) is 0 Å². The van der Waals surface area contributed by atoms with Gasteiger partial charge in [0.2, 0.25) is 5.91 Å². The summed E-state index contributed by atoms with van der Waals surface area (Å²) >= 11 is 0. The molecule has 2 rings (SSSR count). The molecule has 3 N–H and O–H groups in total. The summed E-state index contributed by atoms with van der Waals surface area (Å²) in [5, 5.41) is 15.4. The number of aliphatic carboxylic acids is 1. The average molecular weight is 268 g/mol. The van der Waals surface area contributed by atoms with Gasteiger partial charge in [-0.25, -0.2) is 0 Å². The molecule has 1 heterocycles. The highest BCUT2D eigenvalue weighted by Gasteiger charge is 2.35. The number of carbonyl (C=O) groups is 2. The van der Waals surface area contributed by atoms with Gasteiger partial charge in [0.05, 0.1) is 6.42 Å². The Labute approximate surface area is 114 Å². The molecule has 3 atom stereocenters. The molecular formula is C14H24N2O3. The standard InChI is InChI=1S/C14H24N2O3/c1-14(2,7-13(18)19)6-12(17)16-11-4-9-3-10(5-11)15-8-9/h9-11,15H,3-8H2,1-2H3,(H,16,17)(H,18,19). The zero-order valence-corrected chi connectivity index (χ0v) is 11.7. The van der Waals surface area contributed by atoms with Crippen LogP contribution in [0.5, 0.6) is 0 Å². The minimum absolute atomic E-state index is 0.0162. The van der Waals surface area contributed by atoms with Gasteiger partial charge in [0, 0.05) is 18.5 Å². The third kappa shape index (κ3) is 4.20. The van der Waals surface area contributed by atoms with Crippen molar-refractivity contribution in [3.8, 4) is 0 Å². The largest absolute Gasteiger partial charge is 0.481 e. The maximum Gasteiger partial charge on any atom is 0.303 e. The molecule has 1 saturated carbocycles. The van der Waals surface area contributed by atoms with Crippen molar-refractivity contribution in [3.05, 3.63) is 0 Å². The van der Waals surface area contributed by atoms with Crippen molar-refractivity contribution in [1.29, 1.82) is 0 Å². The van der Waals surface area contributed by atoms with Gasteiger partial charge in [-0.3, -0.25) is 9.59 Å². The normalized spacial score (nSPS) is 30.1. The van der Waals surface area contributed by atoms with E-state index in [1.165, 1.54) is 6.42 Å². The Morgan fingerprint density at radius 2 is 2.00 bits per heavy atom. The van der Waals surface area contributed by atoms with Crippen LogP contribution >= 0.6 is 0 Å². The Morgan fingerprint density at radius 3 is 2.63 bits per heavy atom. The second-order valence-corrected chi connectivity index (χ2v) is 6.85. The third-order valence-electron chi connectivity index (χ3n) is 4.13. The fourth-order valence-corrected chi connectivity index (χ4v) is 3.41. The van der Waals surface area contributed by atoms with Crippen LogP contribution in [0.4, 0.5) is 0 Å². The van der Waals surface area contributed by atoms with E-state index < -0.39 is 11.4 Å². The summed E-state index contributed by atoms with van der Waals surface area (Å²) in [6.07, 6.45) is 3.59. The molecule has 0 aromatic heterocycles. The lowest BCUT2D eigenvalue weighted by atomic mass is 9.84. The Hall–Kier alpha value is -1.10. The molecule has 19 heavy (non-hydrogen) atoms. The van der Waals surface area contributed by atoms with Gasteiger partial charge in [-0.05, 0) is 37.1 Å². The molecule has 0 aromatic carbocycles. The number of fused-ring (bicyclic) bond motifs is 2. The SMILES string of the molecule is CC(C)(CC(=O)O)CC(=O)NC1CC2CNC(C2)C1. The molecule has 2 aliphatic rings. The van der Waals surface area contributed by atoms with Crippen LogP contribution in [0.3, 0.4) is 0 Å². The van der Waals surface area contributed by atoms with Crippen LogP contribution in [-0.4, -0.2) is 35.6 Å². The van der Waals surface area contributed by atoms with Crippen molar-refractivity contribution < 1.29 is 14.7 Å². The van der Waals surface area contributed by atoms with Gasteiger partial charge in [-0.2, -0.15) is 0 Å². The fourth-order valence-electron chi connectivity index (χ4n) is 3.41. The topological polar surface area (TPSA) is 78.4 Å². The first kappa shape index (κ1) is 14.3. The highest BCUT2D eigenvalue weighted by molar-refractivity contribution is 5.78. The molecule has 0 radical (unpaired) electrons. The van der Waals surface area contributed by atoms with Crippen LogP contribution in [0, 0.1) is 11.3 Å². The third-order valence-corrected chi connectivity index (χ3v) is 4.13. The number of hydrogen-bond donors (Lipinski definition) is 3. The van der Waals surface area contributed by atoms with E-state index in [-0.39, 0.29) is 24.8 Å².